The Morgan fingerprint density at radius 2 is 2.05 bits per heavy atom. The minimum atomic E-state index is -0.247. The molecule has 1 aromatic carbocycles. The molecule has 0 aliphatic heterocycles. The molecule has 0 atom stereocenters. The molecule has 0 radical (unpaired) electrons. The first kappa shape index (κ1) is 13.6. The normalized spacial score (nSPS) is 11.0. The van der Waals surface area contributed by atoms with Gasteiger partial charge in [0, 0.05) is 24.6 Å². The molecule has 0 spiro atoms. The summed E-state index contributed by atoms with van der Waals surface area (Å²) < 4.78 is 15.5. The van der Waals surface area contributed by atoms with Crippen LogP contribution in [0.3, 0.4) is 0 Å². The van der Waals surface area contributed by atoms with Crippen LogP contribution in [-0.2, 0) is 0 Å². The van der Waals surface area contributed by atoms with E-state index in [1.165, 1.54) is 12.1 Å². The fourth-order valence-electron chi connectivity index (χ4n) is 2.42. The number of rotatable bonds is 5. The third-order valence-corrected chi connectivity index (χ3v) is 3.39. The van der Waals surface area contributed by atoms with Crippen LogP contribution in [0.2, 0.25) is 0 Å². The van der Waals surface area contributed by atoms with E-state index in [9.17, 15) is 4.39 Å². The number of fused-ring (bicyclic) bond motifs is 1. The van der Waals surface area contributed by atoms with Gasteiger partial charge < -0.3 is 10.6 Å². The van der Waals surface area contributed by atoms with Crippen molar-refractivity contribution in [3.05, 3.63) is 60.7 Å². The van der Waals surface area contributed by atoms with E-state index in [-0.39, 0.29) is 5.82 Å². The highest BCUT2D eigenvalue weighted by atomic mass is 19.1. The Bertz CT molecular complexity index is 738. The predicted molar refractivity (Wildman–Crippen MR) is 82.3 cm³/mol. The van der Waals surface area contributed by atoms with Gasteiger partial charge in [0.2, 0.25) is 0 Å². The number of anilines is 2. The standard InChI is InChI=1S/C16H17FN4/c17-13-4-1-5-14(12-13)20(10-3-8-18)16-7-2-6-15-19-9-11-21(15)16/h1-2,4-7,9,11-12H,3,8,10,18H2. The fourth-order valence-corrected chi connectivity index (χ4v) is 2.42. The van der Waals surface area contributed by atoms with Crippen molar-refractivity contribution in [1.82, 2.24) is 9.38 Å². The van der Waals surface area contributed by atoms with E-state index in [1.807, 2.05) is 34.9 Å². The van der Waals surface area contributed by atoms with E-state index < -0.39 is 0 Å². The van der Waals surface area contributed by atoms with Crippen LogP contribution in [0.15, 0.2) is 54.9 Å². The zero-order valence-corrected chi connectivity index (χ0v) is 11.6. The summed E-state index contributed by atoms with van der Waals surface area (Å²) in [7, 11) is 0. The molecule has 4 nitrogen and oxygen atoms in total. The minimum Gasteiger partial charge on any atom is -0.330 e. The molecule has 0 aliphatic carbocycles. The number of nitrogens with two attached hydrogens (primary N) is 1. The monoisotopic (exact) mass is 284 g/mol. The van der Waals surface area contributed by atoms with Gasteiger partial charge in [-0.05, 0) is 43.3 Å². The van der Waals surface area contributed by atoms with Gasteiger partial charge in [-0.25, -0.2) is 9.37 Å². The maximum atomic E-state index is 13.5. The van der Waals surface area contributed by atoms with Gasteiger partial charge in [0.1, 0.15) is 17.3 Å². The highest BCUT2D eigenvalue weighted by Gasteiger charge is 2.12. The van der Waals surface area contributed by atoms with E-state index >= 15 is 0 Å². The van der Waals surface area contributed by atoms with Gasteiger partial charge in [0.05, 0.1) is 0 Å². The molecule has 0 saturated heterocycles. The number of halogens is 1. The molecule has 0 bridgehead atoms. The van der Waals surface area contributed by atoms with Gasteiger partial charge in [-0.3, -0.25) is 4.40 Å². The second-order valence-electron chi connectivity index (χ2n) is 4.81. The van der Waals surface area contributed by atoms with Crippen LogP contribution < -0.4 is 10.6 Å². The van der Waals surface area contributed by atoms with Crippen LogP contribution in [0.5, 0.6) is 0 Å². The lowest BCUT2D eigenvalue weighted by Gasteiger charge is -2.25. The summed E-state index contributed by atoms with van der Waals surface area (Å²) in [6.07, 6.45) is 4.48. The largest absolute Gasteiger partial charge is 0.330 e. The number of nitrogens with zero attached hydrogens (tertiary/aromatic N) is 3. The Morgan fingerprint density at radius 1 is 1.19 bits per heavy atom. The second kappa shape index (κ2) is 5.93. The quantitative estimate of drug-likeness (QED) is 0.783. The maximum absolute atomic E-state index is 13.5. The zero-order chi connectivity index (χ0) is 14.7. The molecule has 3 rings (SSSR count). The van der Waals surface area contributed by atoms with Gasteiger partial charge in [0.15, 0.2) is 0 Å². The van der Waals surface area contributed by atoms with E-state index in [2.05, 4.69) is 9.88 Å². The molecular weight excluding hydrogens is 267 g/mol. The molecule has 2 aromatic heterocycles. The number of imidazole rings is 1. The molecule has 108 valence electrons. The van der Waals surface area contributed by atoms with Crippen molar-refractivity contribution in [3.8, 4) is 0 Å². The Labute approximate surface area is 122 Å². The van der Waals surface area contributed by atoms with Crippen molar-refractivity contribution in [2.45, 2.75) is 6.42 Å². The van der Waals surface area contributed by atoms with Gasteiger partial charge in [0.25, 0.3) is 0 Å². The Balaban J connectivity index is 2.08. The molecule has 0 fully saturated rings. The topological polar surface area (TPSA) is 46.6 Å². The summed E-state index contributed by atoms with van der Waals surface area (Å²) in [4.78, 5) is 6.35. The first-order valence-electron chi connectivity index (χ1n) is 6.95. The summed E-state index contributed by atoms with van der Waals surface area (Å²) in [6.45, 7) is 1.31. The number of hydrogen-bond acceptors (Lipinski definition) is 3. The third-order valence-electron chi connectivity index (χ3n) is 3.39. The summed E-state index contributed by atoms with van der Waals surface area (Å²) in [5, 5.41) is 0. The first-order chi connectivity index (χ1) is 10.3. The van der Waals surface area contributed by atoms with Crippen molar-refractivity contribution in [1.29, 1.82) is 0 Å². The first-order valence-corrected chi connectivity index (χ1v) is 6.95. The van der Waals surface area contributed by atoms with Gasteiger partial charge >= 0.3 is 0 Å². The van der Waals surface area contributed by atoms with Crippen LogP contribution in [-0.4, -0.2) is 22.5 Å². The lowest BCUT2D eigenvalue weighted by molar-refractivity contribution is 0.627. The average molecular weight is 284 g/mol. The highest BCUT2D eigenvalue weighted by molar-refractivity contribution is 5.63. The number of hydrogen-bond donors (Lipinski definition) is 1. The van der Waals surface area contributed by atoms with Gasteiger partial charge in [-0.2, -0.15) is 0 Å². The van der Waals surface area contributed by atoms with Crippen molar-refractivity contribution < 1.29 is 4.39 Å². The van der Waals surface area contributed by atoms with Crippen LogP contribution in [0.4, 0.5) is 15.9 Å². The van der Waals surface area contributed by atoms with Crippen LogP contribution >= 0.6 is 0 Å². The molecular formula is C16H17FN4. The molecule has 2 heterocycles. The SMILES string of the molecule is NCCCN(c1cccc(F)c1)c1cccc2nccn12. The van der Waals surface area contributed by atoms with Crippen molar-refractivity contribution in [2.24, 2.45) is 5.73 Å². The molecule has 3 aromatic rings. The molecule has 2 N–H and O–H groups in total. The summed E-state index contributed by atoms with van der Waals surface area (Å²) in [5.41, 5.74) is 7.31. The molecule has 0 aliphatic rings. The van der Waals surface area contributed by atoms with Crippen LogP contribution in [0.1, 0.15) is 6.42 Å². The Hall–Kier alpha value is -2.40. The highest BCUT2D eigenvalue weighted by Crippen LogP contribution is 2.26. The Kier molecular flexibility index (Phi) is 3.83. The molecule has 0 unspecified atom stereocenters. The van der Waals surface area contributed by atoms with E-state index in [0.29, 0.717) is 6.54 Å². The predicted octanol–water partition coefficient (Wildman–Crippen LogP) is 2.96. The van der Waals surface area contributed by atoms with Gasteiger partial charge in [-0.15, -0.1) is 0 Å². The zero-order valence-electron chi connectivity index (χ0n) is 11.6. The van der Waals surface area contributed by atoms with E-state index in [4.69, 9.17) is 5.73 Å². The molecule has 0 saturated carbocycles. The number of aromatic nitrogens is 2. The van der Waals surface area contributed by atoms with Crippen molar-refractivity contribution in [3.63, 3.8) is 0 Å². The summed E-state index contributed by atoms with van der Waals surface area (Å²) in [5.74, 6) is 0.701. The smallest absolute Gasteiger partial charge is 0.138 e. The molecule has 5 heteroatoms. The average Bonchev–Trinajstić information content (AvgIpc) is 2.97. The number of benzene rings is 1. The number of pyridine rings is 1. The lowest BCUT2D eigenvalue weighted by Crippen LogP contribution is -2.23. The minimum absolute atomic E-state index is 0.247. The third kappa shape index (κ3) is 2.73. The van der Waals surface area contributed by atoms with E-state index in [1.54, 1.807) is 12.3 Å². The van der Waals surface area contributed by atoms with Crippen LogP contribution in [0, 0.1) is 5.82 Å². The molecule has 21 heavy (non-hydrogen) atoms. The van der Waals surface area contributed by atoms with Crippen molar-refractivity contribution in [2.75, 3.05) is 18.0 Å². The fraction of sp³-hybridized carbons (Fsp3) is 0.188. The summed E-state index contributed by atoms with van der Waals surface area (Å²) >= 11 is 0. The van der Waals surface area contributed by atoms with E-state index in [0.717, 1.165) is 30.1 Å². The molecule has 0 amide bonds. The lowest BCUT2D eigenvalue weighted by atomic mass is 10.2. The Morgan fingerprint density at radius 3 is 2.86 bits per heavy atom. The van der Waals surface area contributed by atoms with Gasteiger partial charge in [-0.1, -0.05) is 12.1 Å². The van der Waals surface area contributed by atoms with Crippen LogP contribution in [0.25, 0.3) is 5.65 Å². The summed E-state index contributed by atoms with van der Waals surface area (Å²) in [6, 6.07) is 12.5. The van der Waals surface area contributed by atoms with Crippen molar-refractivity contribution >= 4 is 17.2 Å². The maximum Gasteiger partial charge on any atom is 0.138 e. The second-order valence-corrected chi connectivity index (χ2v) is 4.81.